The van der Waals surface area contributed by atoms with Crippen molar-refractivity contribution < 1.29 is 14.3 Å². The molecule has 0 bridgehead atoms. The molecular formula is C17H17ClO3S. The molecule has 0 spiro atoms. The summed E-state index contributed by atoms with van der Waals surface area (Å²) in [6.45, 7) is 5.94. The van der Waals surface area contributed by atoms with Crippen LogP contribution in [0.2, 0.25) is 4.34 Å². The SMILES string of the molecule is CC(C)(C)[C@@H]1OC(=O)[C@@](c2ccccc2)(c2ccc(Cl)s2)O1. The Morgan fingerprint density at radius 2 is 1.82 bits per heavy atom. The molecule has 0 unspecified atom stereocenters. The molecular weight excluding hydrogens is 320 g/mol. The zero-order chi connectivity index (χ0) is 16.0. The van der Waals surface area contributed by atoms with Gasteiger partial charge >= 0.3 is 5.97 Å². The van der Waals surface area contributed by atoms with Crippen molar-refractivity contribution in [1.82, 2.24) is 0 Å². The van der Waals surface area contributed by atoms with Gasteiger partial charge in [-0.2, -0.15) is 0 Å². The fourth-order valence-electron chi connectivity index (χ4n) is 2.43. The van der Waals surface area contributed by atoms with Gasteiger partial charge in [0.1, 0.15) is 0 Å². The molecule has 1 saturated heterocycles. The van der Waals surface area contributed by atoms with Crippen molar-refractivity contribution in [3.63, 3.8) is 0 Å². The average molecular weight is 337 g/mol. The summed E-state index contributed by atoms with van der Waals surface area (Å²) >= 11 is 7.41. The van der Waals surface area contributed by atoms with Crippen LogP contribution in [0.4, 0.5) is 0 Å². The van der Waals surface area contributed by atoms with Gasteiger partial charge in [0.05, 0.1) is 9.21 Å². The second kappa shape index (κ2) is 5.37. The lowest BCUT2D eigenvalue weighted by molar-refractivity contribution is -0.155. The molecule has 2 aromatic rings. The average Bonchev–Trinajstić information content (AvgIpc) is 3.04. The summed E-state index contributed by atoms with van der Waals surface area (Å²) in [4.78, 5) is 13.5. The van der Waals surface area contributed by atoms with Crippen LogP contribution in [0.1, 0.15) is 31.2 Å². The number of benzene rings is 1. The summed E-state index contributed by atoms with van der Waals surface area (Å²) in [6.07, 6.45) is -0.610. The van der Waals surface area contributed by atoms with Gasteiger partial charge in [0.25, 0.3) is 0 Å². The normalized spacial score (nSPS) is 25.3. The van der Waals surface area contributed by atoms with Gasteiger partial charge in [-0.25, -0.2) is 4.79 Å². The van der Waals surface area contributed by atoms with Gasteiger partial charge in [-0.05, 0) is 12.1 Å². The predicted octanol–water partition coefficient (Wildman–Crippen LogP) is 4.59. The summed E-state index contributed by atoms with van der Waals surface area (Å²) in [6, 6.07) is 13.0. The van der Waals surface area contributed by atoms with Crippen molar-refractivity contribution >= 4 is 28.9 Å². The maximum absolute atomic E-state index is 12.8. The molecule has 3 rings (SSSR count). The van der Waals surface area contributed by atoms with Crippen molar-refractivity contribution in [1.29, 1.82) is 0 Å². The molecule has 0 aliphatic carbocycles. The minimum absolute atomic E-state index is 0.312. The highest BCUT2D eigenvalue weighted by atomic mass is 35.5. The number of thiophene rings is 1. The Kier molecular flexibility index (Phi) is 3.79. The maximum Gasteiger partial charge on any atom is 0.351 e. The number of hydrogen-bond donors (Lipinski definition) is 0. The Hall–Kier alpha value is -1.36. The third-order valence-electron chi connectivity index (χ3n) is 3.59. The summed E-state index contributed by atoms with van der Waals surface area (Å²) in [5.41, 5.74) is -0.796. The lowest BCUT2D eigenvalue weighted by Gasteiger charge is -2.28. The Bertz CT molecular complexity index is 689. The number of cyclic esters (lactones) is 1. The minimum atomic E-state index is -1.24. The zero-order valence-electron chi connectivity index (χ0n) is 12.6. The van der Waals surface area contributed by atoms with Crippen molar-refractivity contribution in [2.45, 2.75) is 32.7 Å². The van der Waals surface area contributed by atoms with E-state index in [0.29, 0.717) is 4.34 Å². The monoisotopic (exact) mass is 336 g/mol. The van der Waals surface area contributed by atoms with Crippen molar-refractivity contribution in [2.75, 3.05) is 0 Å². The van der Waals surface area contributed by atoms with Crippen LogP contribution in [0, 0.1) is 5.41 Å². The Labute approximate surface area is 138 Å². The lowest BCUT2D eigenvalue weighted by Crippen LogP contribution is -2.35. The van der Waals surface area contributed by atoms with E-state index in [1.807, 2.05) is 57.2 Å². The third kappa shape index (κ3) is 2.45. The molecule has 1 aliphatic rings. The number of ether oxygens (including phenoxy) is 2. The number of carbonyl (C=O) groups is 1. The summed E-state index contributed by atoms with van der Waals surface area (Å²) in [5.74, 6) is -0.392. The van der Waals surface area contributed by atoms with E-state index in [0.717, 1.165) is 10.4 Å². The molecule has 0 N–H and O–H groups in total. The largest absolute Gasteiger partial charge is 0.432 e. The Balaban J connectivity index is 2.15. The molecule has 2 heterocycles. The Morgan fingerprint density at radius 1 is 1.14 bits per heavy atom. The fraction of sp³-hybridized carbons (Fsp3) is 0.353. The van der Waals surface area contributed by atoms with Gasteiger partial charge < -0.3 is 9.47 Å². The van der Waals surface area contributed by atoms with Crippen LogP contribution < -0.4 is 0 Å². The third-order valence-corrected chi connectivity index (χ3v) is 4.92. The molecule has 3 nitrogen and oxygen atoms in total. The minimum Gasteiger partial charge on any atom is -0.432 e. The zero-order valence-corrected chi connectivity index (χ0v) is 14.2. The molecule has 0 saturated carbocycles. The van der Waals surface area contributed by atoms with Gasteiger partial charge in [-0.1, -0.05) is 62.7 Å². The molecule has 1 aromatic heterocycles. The highest BCUT2D eigenvalue weighted by Crippen LogP contribution is 2.47. The van der Waals surface area contributed by atoms with Crippen LogP contribution in [0.3, 0.4) is 0 Å². The second-order valence-electron chi connectivity index (χ2n) is 6.37. The molecule has 0 amide bonds. The first kappa shape index (κ1) is 15.5. The van der Waals surface area contributed by atoms with Crippen LogP contribution in [-0.4, -0.2) is 12.3 Å². The van der Waals surface area contributed by atoms with E-state index in [1.54, 1.807) is 6.07 Å². The van der Waals surface area contributed by atoms with Crippen LogP contribution in [0.5, 0.6) is 0 Å². The van der Waals surface area contributed by atoms with Gasteiger partial charge in [0.15, 0.2) is 0 Å². The van der Waals surface area contributed by atoms with Crippen molar-refractivity contribution in [3.05, 3.63) is 57.2 Å². The lowest BCUT2D eigenvalue weighted by atomic mass is 9.91. The fourth-order valence-corrected chi connectivity index (χ4v) is 3.62. The smallest absolute Gasteiger partial charge is 0.351 e. The molecule has 1 aliphatic heterocycles. The molecule has 2 atom stereocenters. The van der Waals surface area contributed by atoms with Gasteiger partial charge in [-0.3, -0.25) is 0 Å². The van der Waals surface area contributed by atoms with E-state index in [9.17, 15) is 4.79 Å². The first-order valence-corrected chi connectivity index (χ1v) is 8.24. The van der Waals surface area contributed by atoms with Gasteiger partial charge in [-0.15, -0.1) is 11.3 Å². The molecule has 1 aromatic carbocycles. The first-order valence-electron chi connectivity index (χ1n) is 7.04. The van der Waals surface area contributed by atoms with Crippen LogP contribution in [0.15, 0.2) is 42.5 Å². The topological polar surface area (TPSA) is 35.5 Å². The molecule has 22 heavy (non-hydrogen) atoms. The summed E-state index contributed by atoms with van der Waals surface area (Å²) < 4.78 is 12.4. The van der Waals surface area contributed by atoms with Crippen molar-refractivity contribution in [2.24, 2.45) is 5.41 Å². The highest BCUT2D eigenvalue weighted by molar-refractivity contribution is 7.16. The second-order valence-corrected chi connectivity index (χ2v) is 8.09. The van der Waals surface area contributed by atoms with E-state index in [1.165, 1.54) is 11.3 Å². The van der Waals surface area contributed by atoms with E-state index in [-0.39, 0.29) is 5.41 Å². The van der Waals surface area contributed by atoms with E-state index in [4.69, 9.17) is 21.1 Å². The van der Waals surface area contributed by atoms with E-state index >= 15 is 0 Å². The maximum atomic E-state index is 12.8. The number of carbonyl (C=O) groups excluding carboxylic acids is 1. The number of rotatable bonds is 2. The Morgan fingerprint density at radius 3 is 2.32 bits per heavy atom. The molecule has 1 fully saturated rings. The van der Waals surface area contributed by atoms with Crippen LogP contribution >= 0.6 is 22.9 Å². The number of hydrogen-bond acceptors (Lipinski definition) is 4. The first-order chi connectivity index (χ1) is 10.3. The van der Waals surface area contributed by atoms with E-state index in [2.05, 4.69) is 0 Å². The van der Waals surface area contributed by atoms with Crippen LogP contribution in [-0.2, 0) is 19.9 Å². The predicted molar refractivity (Wildman–Crippen MR) is 87.0 cm³/mol. The summed E-state index contributed by atoms with van der Waals surface area (Å²) in [7, 11) is 0. The number of esters is 1. The van der Waals surface area contributed by atoms with Crippen LogP contribution in [0.25, 0.3) is 0 Å². The molecule has 116 valence electrons. The van der Waals surface area contributed by atoms with Gasteiger partial charge in [0, 0.05) is 11.0 Å². The van der Waals surface area contributed by atoms with E-state index < -0.39 is 17.9 Å². The highest BCUT2D eigenvalue weighted by Gasteiger charge is 2.56. The standard InChI is InChI=1S/C17H17ClO3S/c1-16(2,3)15-20-14(19)17(21-15,11-7-5-4-6-8-11)12-9-10-13(18)22-12/h4-10,15H,1-3H3/t15-,17-/m1/s1. The number of halogens is 1. The quantitative estimate of drug-likeness (QED) is 0.752. The molecule has 5 heteroatoms. The van der Waals surface area contributed by atoms with Crippen molar-refractivity contribution in [3.8, 4) is 0 Å². The van der Waals surface area contributed by atoms with Gasteiger partial charge in [0.2, 0.25) is 11.9 Å². The summed E-state index contributed by atoms with van der Waals surface area (Å²) in [5, 5.41) is 0. The molecule has 0 radical (unpaired) electrons.